The van der Waals surface area contributed by atoms with Crippen LogP contribution < -0.4 is 14.8 Å². The molecule has 0 radical (unpaired) electrons. The summed E-state index contributed by atoms with van der Waals surface area (Å²) < 4.78 is 10.8. The lowest BCUT2D eigenvalue weighted by Gasteiger charge is -2.37. The molecule has 1 N–H and O–H groups in total. The molecule has 0 aromatic heterocycles. The highest BCUT2D eigenvalue weighted by Crippen LogP contribution is 2.44. The average Bonchev–Trinajstić information content (AvgIpc) is 2.98. The maximum Gasteiger partial charge on any atom is 0.260 e. The molecule has 6 nitrogen and oxygen atoms in total. The molecule has 0 bridgehead atoms. The molecule has 2 aliphatic rings. The van der Waals surface area contributed by atoms with E-state index in [9.17, 15) is 9.59 Å². The van der Waals surface area contributed by atoms with E-state index in [1.165, 1.54) is 0 Å². The molecule has 27 heavy (non-hydrogen) atoms. The Hall–Kier alpha value is -3.02. The standard InChI is InChI=1S/C21H22N2O4/c1-26-15-5-4-6-16(13-15)27-14-19(24)23-11-9-21(10-12-23)17-7-2-3-8-18(17)22-20(21)25/h2-8,13H,9-12,14H2,1H3,(H,22,25). The second-order valence-electron chi connectivity index (χ2n) is 6.93. The van der Waals surface area contributed by atoms with E-state index < -0.39 is 5.41 Å². The number of para-hydroxylation sites is 1. The Morgan fingerprint density at radius 3 is 2.63 bits per heavy atom. The van der Waals surface area contributed by atoms with Crippen molar-refractivity contribution in [2.45, 2.75) is 18.3 Å². The van der Waals surface area contributed by atoms with Crippen LogP contribution >= 0.6 is 0 Å². The SMILES string of the molecule is COc1cccc(OCC(=O)N2CCC3(CC2)C(=O)Nc2ccccc23)c1. The Labute approximate surface area is 158 Å². The first-order chi connectivity index (χ1) is 13.1. The molecule has 2 aromatic carbocycles. The Kier molecular flexibility index (Phi) is 4.48. The van der Waals surface area contributed by atoms with Crippen molar-refractivity contribution in [1.29, 1.82) is 0 Å². The Bertz CT molecular complexity index is 872. The fraction of sp³-hybridized carbons (Fsp3) is 0.333. The zero-order valence-electron chi connectivity index (χ0n) is 15.2. The van der Waals surface area contributed by atoms with Crippen LogP contribution in [0.5, 0.6) is 11.5 Å². The van der Waals surface area contributed by atoms with Crippen LogP contribution in [0.15, 0.2) is 48.5 Å². The first-order valence-electron chi connectivity index (χ1n) is 9.08. The normalized spacial score (nSPS) is 17.4. The number of methoxy groups -OCH3 is 1. The maximum absolute atomic E-state index is 12.6. The summed E-state index contributed by atoms with van der Waals surface area (Å²) in [6.07, 6.45) is 1.25. The number of ether oxygens (including phenoxy) is 2. The number of piperidine rings is 1. The molecule has 1 saturated heterocycles. The highest BCUT2D eigenvalue weighted by atomic mass is 16.5. The monoisotopic (exact) mass is 366 g/mol. The lowest BCUT2D eigenvalue weighted by molar-refractivity contribution is -0.137. The van der Waals surface area contributed by atoms with Crippen LogP contribution in [0.2, 0.25) is 0 Å². The van der Waals surface area contributed by atoms with Gasteiger partial charge in [0.1, 0.15) is 11.5 Å². The number of carbonyl (C=O) groups is 2. The molecule has 1 fully saturated rings. The molecule has 0 aliphatic carbocycles. The summed E-state index contributed by atoms with van der Waals surface area (Å²) in [6.45, 7) is 1.06. The van der Waals surface area contributed by atoms with E-state index in [1.807, 2.05) is 36.4 Å². The van der Waals surface area contributed by atoms with E-state index in [0.29, 0.717) is 37.4 Å². The number of hydrogen-bond donors (Lipinski definition) is 1. The summed E-state index contributed by atoms with van der Waals surface area (Å²) >= 11 is 0. The summed E-state index contributed by atoms with van der Waals surface area (Å²) in [4.78, 5) is 26.9. The van der Waals surface area contributed by atoms with E-state index in [4.69, 9.17) is 9.47 Å². The van der Waals surface area contributed by atoms with Gasteiger partial charge in [0.15, 0.2) is 6.61 Å². The number of amides is 2. The van der Waals surface area contributed by atoms with Gasteiger partial charge in [-0.3, -0.25) is 9.59 Å². The van der Waals surface area contributed by atoms with Crippen LogP contribution in [0, 0.1) is 0 Å². The summed E-state index contributed by atoms with van der Waals surface area (Å²) in [5.41, 5.74) is 1.43. The average molecular weight is 366 g/mol. The van der Waals surface area contributed by atoms with Gasteiger partial charge >= 0.3 is 0 Å². The molecular weight excluding hydrogens is 344 g/mol. The summed E-state index contributed by atoms with van der Waals surface area (Å²) in [5, 5.41) is 2.98. The molecule has 0 atom stereocenters. The lowest BCUT2D eigenvalue weighted by atomic mass is 9.73. The van der Waals surface area contributed by atoms with Crippen LogP contribution in [-0.2, 0) is 15.0 Å². The number of rotatable bonds is 4. The van der Waals surface area contributed by atoms with Gasteiger partial charge in [-0.15, -0.1) is 0 Å². The van der Waals surface area contributed by atoms with E-state index >= 15 is 0 Å². The first kappa shape index (κ1) is 17.4. The number of carbonyl (C=O) groups excluding carboxylic acids is 2. The van der Waals surface area contributed by atoms with Crippen LogP contribution in [0.1, 0.15) is 18.4 Å². The van der Waals surface area contributed by atoms with Gasteiger partial charge in [-0.2, -0.15) is 0 Å². The minimum Gasteiger partial charge on any atom is -0.497 e. The molecule has 4 rings (SSSR count). The van der Waals surface area contributed by atoms with Gasteiger partial charge in [0.25, 0.3) is 5.91 Å². The van der Waals surface area contributed by atoms with E-state index in [1.54, 1.807) is 24.1 Å². The summed E-state index contributed by atoms with van der Waals surface area (Å²) in [6, 6.07) is 15.0. The van der Waals surface area contributed by atoms with Crippen LogP contribution in [0.4, 0.5) is 5.69 Å². The van der Waals surface area contributed by atoms with Gasteiger partial charge in [0, 0.05) is 24.8 Å². The Balaban J connectivity index is 1.38. The molecular formula is C21H22N2O4. The number of anilines is 1. The smallest absolute Gasteiger partial charge is 0.260 e. The number of hydrogen-bond acceptors (Lipinski definition) is 4. The maximum atomic E-state index is 12.6. The molecule has 140 valence electrons. The molecule has 0 saturated carbocycles. The zero-order valence-corrected chi connectivity index (χ0v) is 15.2. The topological polar surface area (TPSA) is 67.9 Å². The van der Waals surface area contributed by atoms with Crippen molar-refractivity contribution in [3.05, 3.63) is 54.1 Å². The second kappa shape index (κ2) is 6.95. The third kappa shape index (κ3) is 3.12. The fourth-order valence-corrected chi connectivity index (χ4v) is 3.94. The van der Waals surface area contributed by atoms with Crippen molar-refractivity contribution < 1.29 is 19.1 Å². The molecule has 2 aromatic rings. The highest BCUT2D eigenvalue weighted by molar-refractivity contribution is 6.06. The van der Waals surface area contributed by atoms with Gasteiger partial charge < -0.3 is 19.7 Å². The van der Waals surface area contributed by atoms with Crippen molar-refractivity contribution in [2.24, 2.45) is 0 Å². The molecule has 6 heteroatoms. The van der Waals surface area contributed by atoms with Gasteiger partial charge in [0.2, 0.25) is 5.91 Å². The fourth-order valence-electron chi connectivity index (χ4n) is 3.94. The van der Waals surface area contributed by atoms with Crippen molar-refractivity contribution >= 4 is 17.5 Å². The summed E-state index contributed by atoms with van der Waals surface area (Å²) in [5.74, 6) is 1.26. The largest absolute Gasteiger partial charge is 0.497 e. The van der Waals surface area contributed by atoms with Crippen molar-refractivity contribution in [2.75, 3.05) is 32.1 Å². The van der Waals surface area contributed by atoms with Gasteiger partial charge in [-0.25, -0.2) is 0 Å². The minimum atomic E-state index is -0.513. The molecule has 0 unspecified atom stereocenters. The number of likely N-dealkylation sites (tertiary alicyclic amines) is 1. The van der Waals surface area contributed by atoms with Gasteiger partial charge in [0.05, 0.1) is 12.5 Å². The Morgan fingerprint density at radius 2 is 1.85 bits per heavy atom. The second-order valence-corrected chi connectivity index (χ2v) is 6.93. The molecule has 2 heterocycles. The number of benzene rings is 2. The van der Waals surface area contributed by atoms with E-state index in [2.05, 4.69) is 5.32 Å². The van der Waals surface area contributed by atoms with E-state index in [0.717, 1.165) is 11.3 Å². The number of fused-ring (bicyclic) bond motifs is 2. The molecule has 1 spiro atoms. The third-order valence-electron chi connectivity index (χ3n) is 5.50. The van der Waals surface area contributed by atoms with Crippen LogP contribution in [-0.4, -0.2) is 43.5 Å². The quantitative estimate of drug-likeness (QED) is 0.903. The van der Waals surface area contributed by atoms with Crippen molar-refractivity contribution in [3.8, 4) is 11.5 Å². The van der Waals surface area contributed by atoms with E-state index in [-0.39, 0.29) is 18.4 Å². The third-order valence-corrected chi connectivity index (χ3v) is 5.50. The highest BCUT2D eigenvalue weighted by Gasteiger charge is 2.48. The predicted octanol–water partition coefficient (Wildman–Crippen LogP) is 2.59. The predicted molar refractivity (Wildman–Crippen MR) is 101 cm³/mol. The Morgan fingerprint density at radius 1 is 1.11 bits per heavy atom. The van der Waals surface area contributed by atoms with Gasteiger partial charge in [-0.05, 0) is 36.6 Å². The molecule has 2 amide bonds. The summed E-state index contributed by atoms with van der Waals surface area (Å²) in [7, 11) is 1.59. The van der Waals surface area contributed by atoms with Gasteiger partial charge in [-0.1, -0.05) is 24.3 Å². The zero-order chi connectivity index (χ0) is 18.9. The van der Waals surface area contributed by atoms with Crippen molar-refractivity contribution in [3.63, 3.8) is 0 Å². The van der Waals surface area contributed by atoms with Crippen molar-refractivity contribution in [1.82, 2.24) is 4.90 Å². The van der Waals surface area contributed by atoms with Crippen LogP contribution in [0.3, 0.4) is 0 Å². The first-order valence-corrected chi connectivity index (χ1v) is 9.08. The number of nitrogens with one attached hydrogen (secondary N) is 1. The van der Waals surface area contributed by atoms with Crippen LogP contribution in [0.25, 0.3) is 0 Å². The number of nitrogens with zero attached hydrogens (tertiary/aromatic N) is 1. The minimum absolute atomic E-state index is 0.0249. The lowest BCUT2D eigenvalue weighted by Crippen LogP contribution is -2.49. The molecule has 2 aliphatic heterocycles.